The van der Waals surface area contributed by atoms with Crippen molar-refractivity contribution in [1.29, 1.82) is 0 Å². The van der Waals surface area contributed by atoms with Crippen LogP contribution in [-0.2, 0) is 6.42 Å². The van der Waals surface area contributed by atoms with Crippen molar-refractivity contribution >= 4 is 14.7 Å². The van der Waals surface area contributed by atoms with Gasteiger partial charge in [-0.1, -0.05) is 45.4 Å². The Bertz CT molecular complexity index is 255. The molecule has 0 saturated heterocycles. The minimum Gasteiger partial charge on any atom is -0.361 e. The average Bonchev–Trinajstić information content (AvgIpc) is 2.63. The number of aryl methyl sites for hydroxylation is 1. The topological polar surface area (TPSA) is 15.8 Å². The van der Waals surface area contributed by atoms with Gasteiger partial charge in [-0.05, 0) is 24.5 Å². The molecule has 1 aromatic heterocycles. The normalized spacial score (nSPS) is 10.8. The largest absolute Gasteiger partial charge is 0.361 e. The quantitative estimate of drug-likeness (QED) is 0.498. The molecular weight excluding hydrogens is 201 g/mol. The Hall–Kier alpha value is -0.290. The minimum absolute atomic E-state index is 1.04. The Labute approximate surface area is 96.3 Å². The highest BCUT2D eigenvalue weighted by Gasteiger charge is 1.98. The van der Waals surface area contributed by atoms with E-state index in [9.17, 15) is 0 Å². The van der Waals surface area contributed by atoms with Gasteiger partial charge in [-0.15, -0.1) is 0 Å². The van der Waals surface area contributed by atoms with Crippen LogP contribution in [0, 0.1) is 0 Å². The first-order chi connectivity index (χ1) is 7.34. The molecule has 84 valence electrons. The van der Waals surface area contributed by atoms with Crippen LogP contribution in [0.5, 0.6) is 0 Å². The summed E-state index contributed by atoms with van der Waals surface area (Å²) in [7, 11) is 4.36. The van der Waals surface area contributed by atoms with Crippen LogP contribution in [0.2, 0.25) is 0 Å². The molecule has 0 aromatic carbocycles. The van der Waals surface area contributed by atoms with Crippen LogP contribution in [0.15, 0.2) is 12.3 Å². The van der Waals surface area contributed by atoms with Gasteiger partial charge < -0.3 is 4.98 Å². The van der Waals surface area contributed by atoms with Crippen LogP contribution in [0.1, 0.15) is 57.4 Å². The lowest BCUT2D eigenvalue weighted by molar-refractivity contribution is 0.590. The monoisotopic (exact) mass is 223 g/mol. The van der Waals surface area contributed by atoms with E-state index < -0.39 is 0 Å². The fraction of sp³-hybridized carbons (Fsp3) is 0.692. The van der Waals surface area contributed by atoms with Gasteiger partial charge in [-0.25, -0.2) is 0 Å². The maximum Gasteiger partial charge on any atom is 0.0519 e. The van der Waals surface area contributed by atoms with Crippen molar-refractivity contribution in [2.24, 2.45) is 0 Å². The van der Waals surface area contributed by atoms with Crippen molar-refractivity contribution < 1.29 is 0 Å². The maximum absolute atomic E-state index is 4.36. The molecular formula is C13H22NP. The molecule has 0 amide bonds. The first-order valence-corrected chi connectivity index (χ1v) is 6.64. The molecule has 0 fully saturated rings. The Morgan fingerprint density at radius 2 is 1.73 bits per heavy atom. The van der Waals surface area contributed by atoms with E-state index in [-0.39, 0.29) is 0 Å². The summed E-state index contributed by atoms with van der Waals surface area (Å²) in [6.07, 6.45) is 12.8. The highest BCUT2D eigenvalue weighted by atomic mass is 31.0. The summed E-state index contributed by atoms with van der Waals surface area (Å²) in [4.78, 5) is 3.10. The van der Waals surface area contributed by atoms with Crippen LogP contribution >= 0.6 is 9.24 Å². The van der Waals surface area contributed by atoms with E-state index in [0.717, 1.165) is 5.44 Å². The van der Waals surface area contributed by atoms with E-state index >= 15 is 0 Å². The van der Waals surface area contributed by atoms with Gasteiger partial charge in [-0.3, -0.25) is 0 Å². The summed E-state index contributed by atoms with van der Waals surface area (Å²) in [5.41, 5.74) is 2.41. The lowest BCUT2D eigenvalue weighted by Crippen LogP contribution is -1.98. The molecule has 0 aliphatic rings. The summed E-state index contributed by atoms with van der Waals surface area (Å²) in [5, 5.41) is 0. The van der Waals surface area contributed by atoms with Gasteiger partial charge in [0, 0.05) is 15.4 Å². The third-order valence-corrected chi connectivity index (χ3v) is 3.27. The summed E-state index contributed by atoms with van der Waals surface area (Å²) < 4.78 is 0. The predicted octanol–water partition coefficient (Wildman–Crippen LogP) is 4.34. The van der Waals surface area contributed by atoms with Gasteiger partial charge in [0.2, 0.25) is 0 Å². The number of nitrogens with one attached hydrogen (secondary N) is 1. The van der Waals surface area contributed by atoms with Crippen LogP contribution in [0.3, 0.4) is 0 Å². The van der Waals surface area contributed by atoms with E-state index in [1.807, 2.05) is 6.20 Å². The highest BCUT2D eigenvalue weighted by Crippen LogP contribution is 2.10. The zero-order chi connectivity index (χ0) is 10.9. The molecule has 2 heteroatoms. The molecule has 15 heavy (non-hydrogen) atoms. The van der Waals surface area contributed by atoms with E-state index in [4.69, 9.17) is 0 Å². The molecule has 0 aliphatic heterocycles. The second-order valence-corrected chi connectivity index (χ2v) is 4.67. The van der Waals surface area contributed by atoms with Crippen molar-refractivity contribution in [2.45, 2.75) is 58.3 Å². The molecule has 1 nitrogen and oxygen atoms in total. The summed E-state index contributed by atoms with van der Waals surface area (Å²) in [6, 6.07) is 2.14. The van der Waals surface area contributed by atoms with E-state index in [1.165, 1.54) is 56.9 Å². The third kappa shape index (κ3) is 5.37. The number of hydrogen-bond donors (Lipinski definition) is 1. The van der Waals surface area contributed by atoms with Crippen molar-refractivity contribution in [2.75, 3.05) is 0 Å². The molecule has 2 radical (unpaired) electrons. The zero-order valence-electron chi connectivity index (χ0n) is 9.76. The number of unbranched alkanes of at least 4 members (excludes halogenated alkanes) is 6. The lowest BCUT2D eigenvalue weighted by atomic mass is 10.1. The van der Waals surface area contributed by atoms with Gasteiger partial charge in [-0.2, -0.15) is 0 Å². The Morgan fingerprint density at radius 3 is 2.33 bits per heavy atom. The predicted molar refractivity (Wildman–Crippen MR) is 69.0 cm³/mol. The standard InChI is InChI=1S/C13H22NP/c1-2-3-4-5-6-7-8-9-12-10-11-14-13(12)15/h10-11,14H,2-9H2,1H3. The van der Waals surface area contributed by atoms with Crippen molar-refractivity contribution in [3.05, 3.63) is 17.8 Å². The average molecular weight is 223 g/mol. The van der Waals surface area contributed by atoms with Crippen LogP contribution in [-0.4, -0.2) is 4.98 Å². The van der Waals surface area contributed by atoms with Crippen LogP contribution in [0.4, 0.5) is 0 Å². The molecule has 1 heterocycles. The molecule has 0 atom stereocenters. The zero-order valence-corrected chi connectivity index (χ0v) is 10.7. The Kier molecular flexibility index (Phi) is 6.76. The maximum atomic E-state index is 4.36. The molecule has 1 N–H and O–H groups in total. The Balaban J connectivity index is 1.96. The molecule has 0 spiro atoms. The fourth-order valence-corrected chi connectivity index (χ4v) is 2.13. The first-order valence-electron chi connectivity index (χ1n) is 6.19. The number of rotatable bonds is 8. The molecule has 0 aliphatic carbocycles. The molecule has 1 rings (SSSR count). The summed E-state index contributed by atoms with van der Waals surface area (Å²) in [6.45, 7) is 2.26. The smallest absolute Gasteiger partial charge is 0.0519 e. The van der Waals surface area contributed by atoms with E-state index in [2.05, 4.69) is 27.2 Å². The Morgan fingerprint density at radius 1 is 1.07 bits per heavy atom. The van der Waals surface area contributed by atoms with Crippen molar-refractivity contribution in [1.82, 2.24) is 4.98 Å². The molecule has 0 bridgehead atoms. The van der Waals surface area contributed by atoms with Gasteiger partial charge >= 0.3 is 0 Å². The molecule has 0 unspecified atom stereocenters. The summed E-state index contributed by atoms with van der Waals surface area (Å²) in [5.74, 6) is 0. The van der Waals surface area contributed by atoms with Crippen LogP contribution in [0.25, 0.3) is 0 Å². The number of aromatic amines is 1. The van der Waals surface area contributed by atoms with Crippen LogP contribution < -0.4 is 5.44 Å². The van der Waals surface area contributed by atoms with E-state index in [0.29, 0.717) is 0 Å². The second kappa shape index (κ2) is 7.93. The molecule has 0 saturated carbocycles. The van der Waals surface area contributed by atoms with Crippen molar-refractivity contribution in [3.63, 3.8) is 0 Å². The number of H-pyrrole nitrogens is 1. The minimum atomic E-state index is 1.04. The van der Waals surface area contributed by atoms with Gasteiger partial charge in [0.05, 0.1) is 5.44 Å². The number of aromatic nitrogens is 1. The SMILES string of the molecule is CCCCCCCCCc1cc[nH]c1[P]. The van der Waals surface area contributed by atoms with Gasteiger partial charge in [0.1, 0.15) is 0 Å². The molecule has 1 aromatic rings. The van der Waals surface area contributed by atoms with Crippen molar-refractivity contribution in [3.8, 4) is 0 Å². The summed E-state index contributed by atoms with van der Waals surface area (Å²) >= 11 is 0. The highest BCUT2D eigenvalue weighted by molar-refractivity contribution is 7.27. The lowest BCUT2D eigenvalue weighted by Gasteiger charge is -2.01. The van der Waals surface area contributed by atoms with Gasteiger partial charge in [0.15, 0.2) is 0 Å². The second-order valence-electron chi connectivity index (χ2n) is 4.22. The first kappa shape index (κ1) is 12.8. The van der Waals surface area contributed by atoms with E-state index in [1.54, 1.807) is 0 Å². The number of hydrogen-bond acceptors (Lipinski definition) is 0. The fourth-order valence-electron chi connectivity index (χ4n) is 1.87. The van der Waals surface area contributed by atoms with Gasteiger partial charge in [0.25, 0.3) is 0 Å². The third-order valence-electron chi connectivity index (χ3n) is 2.86.